The van der Waals surface area contributed by atoms with Crippen LogP contribution in [-0.4, -0.2) is 11.7 Å². The average molecular weight is 318 g/mol. The molecule has 3 nitrogen and oxygen atoms in total. The lowest BCUT2D eigenvalue weighted by Gasteiger charge is -2.02. The number of benzene rings is 2. The van der Waals surface area contributed by atoms with E-state index in [1.807, 2.05) is 18.2 Å². The van der Waals surface area contributed by atoms with E-state index in [4.69, 9.17) is 0 Å². The lowest BCUT2D eigenvalue weighted by molar-refractivity contribution is -0.115. The van der Waals surface area contributed by atoms with E-state index in [-0.39, 0.29) is 5.91 Å². The number of hydrogen-bond acceptors (Lipinski definition) is 2. The van der Waals surface area contributed by atoms with E-state index < -0.39 is 0 Å². The van der Waals surface area contributed by atoms with Crippen LogP contribution in [-0.2, 0) is 17.6 Å². The molecule has 1 heterocycles. The summed E-state index contributed by atoms with van der Waals surface area (Å²) in [7, 11) is 0. The molecule has 122 valence electrons. The molecule has 0 aromatic heterocycles. The van der Waals surface area contributed by atoms with Crippen LogP contribution >= 0.6 is 0 Å². The van der Waals surface area contributed by atoms with Crippen LogP contribution in [0.3, 0.4) is 0 Å². The Balaban J connectivity index is 1.69. The van der Waals surface area contributed by atoms with Gasteiger partial charge in [0.1, 0.15) is 11.5 Å². The Bertz CT molecular complexity index is 801. The van der Waals surface area contributed by atoms with Crippen molar-refractivity contribution in [3.63, 3.8) is 0 Å². The first kappa shape index (κ1) is 16.2. The molecule has 0 radical (unpaired) electrons. The number of hydrogen-bond donors (Lipinski definition) is 1. The van der Waals surface area contributed by atoms with Crippen LogP contribution < -0.4 is 5.32 Å². The summed E-state index contributed by atoms with van der Waals surface area (Å²) in [5, 5.41) is 2.87. The number of aliphatic imine (C=N–C) groups is 1. The number of amides is 1. The van der Waals surface area contributed by atoms with Gasteiger partial charge in [0.05, 0.1) is 0 Å². The number of nitrogens with zero attached hydrogens (tertiary/aromatic N) is 1. The maximum atomic E-state index is 12.1. The second-order valence-electron chi connectivity index (χ2n) is 6.13. The Morgan fingerprint density at radius 2 is 1.83 bits per heavy atom. The summed E-state index contributed by atoms with van der Waals surface area (Å²) < 4.78 is 0. The Labute approximate surface area is 143 Å². The molecule has 0 atom stereocenters. The van der Waals surface area contributed by atoms with Gasteiger partial charge >= 0.3 is 0 Å². The summed E-state index contributed by atoms with van der Waals surface area (Å²) in [5.41, 5.74) is 5.29. The molecule has 0 unspecified atom stereocenters. The molecular formula is C21H22N2O. The second kappa shape index (κ2) is 7.26. The number of nitrogens with one attached hydrogen (secondary N) is 1. The van der Waals surface area contributed by atoms with Crippen LogP contribution in [0, 0.1) is 6.92 Å². The van der Waals surface area contributed by atoms with Gasteiger partial charge in [-0.1, -0.05) is 61.0 Å². The standard InChI is InChI=1S/C21H22N2O/c1-3-16-7-9-18(10-8-16)14-19-21(24)23-20(22-19)12-11-17-6-4-5-15(2)13-17/h4-10,13-14H,3,11-12H2,1-2H3,(H,22,23,24)/b19-14+. The van der Waals surface area contributed by atoms with Gasteiger partial charge in [0.25, 0.3) is 5.91 Å². The van der Waals surface area contributed by atoms with Crippen LogP contribution in [0.4, 0.5) is 0 Å². The normalized spacial score (nSPS) is 15.5. The smallest absolute Gasteiger partial charge is 0.275 e. The van der Waals surface area contributed by atoms with Crippen molar-refractivity contribution < 1.29 is 4.79 Å². The van der Waals surface area contributed by atoms with Gasteiger partial charge in [0.2, 0.25) is 0 Å². The molecule has 24 heavy (non-hydrogen) atoms. The van der Waals surface area contributed by atoms with Gasteiger partial charge in [0, 0.05) is 6.42 Å². The summed E-state index contributed by atoms with van der Waals surface area (Å²) in [6.45, 7) is 4.21. The third kappa shape index (κ3) is 3.99. The first-order chi connectivity index (χ1) is 11.6. The minimum Gasteiger partial charge on any atom is -0.309 e. The van der Waals surface area contributed by atoms with Gasteiger partial charge < -0.3 is 5.32 Å². The fourth-order valence-electron chi connectivity index (χ4n) is 2.77. The largest absolute Gasteiger partial charge is 0.309 e. The highest BCUT2D eigenvalue weighted by Crippen LogP contribution is 2.15. The third-order valence-corrected chi connectivity index (χ3v) is 4.17. The van der Waals surface area contributed by atoms with Crippen LogP contribution in [0.5, 0.6) is 0 Å². The zero-order valence-corrected chi connectivity index (χ0v) is 14.2. The topological polar surface area (TPSA) is 41.5 Å². The maximum Gasteiger partial charge on any atom is 0.275 e. The van der Waals surface area contributed by atoms with Crippen LogP contribution in [0.25, 0.3) is 6.08 Å². The van der Waals surface area contributed by atoms with Crippen molar-refractivity contribution in [2.24, 2.45) is 4.99 Å². The van der Waals surface area contributed by atoms with Gasteiger partial charge in [-0.15, -0.1) is 0 Å². The van der Waals surface area contributed by atoms with E-state index in [0.717, 1.165) is 30.7 Å². The summed E-state index contributed by atoms with van der Waals surface area (Å²) in [6.07, 6.45) is 4.47. The molecule has 0 fully saturated rings. The van der Waals surface area contributed by atoms with Crippen LogP contribution in [0.1, 0.15) is 35.6 Å². The van der Waals surface area contributed by atoms with Gasteiger partial charge in [-0.05, 0) is 42.5 Å². The summed E-state index contributed by atoms with van der Waals surface area (Å²) in [4.78, 5) is 16.5. The number of aryl methyl sites for hydroxylation is 3. The molecule has 2 aromatic rings. The fourth-order valence-corrected chi connectivity index (χ4v) is 2.77. The minimum absolute atomic E-state index is 0.117. The summed E-state index contributed by atoms with van der Waals surface area (Å²) in [5.74, 6) is 0.631. The van der Waals surface area contributed by atoms with Crippen molar-refractivity contribution in [2.75, 3.05) is 0 Å². The highest BCUT2D eigenvalue weighted by atomic mass is 16.2. The molecule has 1 N–H and O–H groups in total. The monoisotopic (exact) mass is 318 g/mol. The molecule has 1 aliphatic rings. The van der Waals surface area contributed by atoms with Crippen molar-refractivity contribution in [1.29, 1.82) is 0 Å². The zero-order chi connectivity index (χ0) is 16.9. The first-order valence-corrected chi connectivity index (χ1v) is 8.39. The summed E-state index contributed by atoms with van der Waals surface area (Å²) in [6, 6.07) is 16.6. The Kier molecular flexibility index (Phi) is 4.90. The molecule has 1 aliphatic heterocycles. The zero-order valence-electron chi connectivity index (χ0n) is 14.2. The average Bonchev–Trinajstić information content (AvgIpc) is 2.94. The van der Waals surface area contributed by atoms with Crippen molar-refractivity contribution in [3.05, 3.63) is 76.5 Å². The van der Waals surface area contributed by atoms with E-state index in [9.17, 15) is 4.79 Å². The Morgan fingerprint density at radius 3 is 2.54 bits per heavy atom. The second-order valence-corrected chi connectivity index (χ2v) is 6.13. The van der Waals surface area contributed by atoms with Crippen LogP contribution in [0.15, 0.2) is 59.2 Å². The lowest BCUT2D eigenvalue weighted by atomic mass is 10.1. The molecular weight excluding hydrogens is 296 g/mol. The summed E-state index contributed by atoms with van der Waals surface area (Å²) >= 11 is 0. The molecule has 1 amide bonds. The first-order valence-electron chi connectivity index (χ1n) is 8.39. The van der Waals surface area contributed by atoms with E-state index in [0.29, 0.717) is 5.70 Å². The van der Waals surface area contributed by atoms with Crippen molar-refractivity contribution in [1.82, 2.24) is 5.32 Å². The van der Waals surface area contributed by atoms with E-state index >= 15 is 0 Å². The number of carbonyl (C=O) groups is 1. The molecule has 0 aliphatic carbocycles. The van der Waals surface area contributed by atoms with Crippen molar-refractivity contribution >= 4 is 17.8 Å². The highest BCUT2D eigenvalue weighted by Gasteiger charge is 2.19. The van der Waals surface area contributed by atoms with Crippen molar-refractivity contribution in [3.8, 4) is 0 Å². The predicted octanol–water partition coefficient (Wildman–Crippen LogP) is 4.06. The molecule has 2 aromatic carbocycles. The fraction of sp³-hybridized carbons (Fsp3) is 0.238. The maximum absolute atomic E-state index is 12.1. The van der Waals surface area contributed by atoms with Gasteiger partial charge in [-0.25, -0.2) is 4.99 Å². The molecule has 3 rings (SSSR count). The number of rotatable bonds is 5. The lowest BCUT2D eigenvalue weighted by Crippen LogP contribution is -2.24. The van der Waals surface area contributed by atoms with Crippen LogP contribution in [0.2, 0.25) is 0 Å². The quantitative estimate of drug-likeness (QED) is 0.830. The van der Waals surface area contributed by atoms with Gasteiger partial charge in [-0.3, -0.25) is 4.79 Å². The number of carbonyl (C=O) groups excluding carboxylic acids is 1. The van der Waals surface area contributed by atoms with E-state index in [1.54, 1.807) is 0 Å². The van der Waals surface area contributed by atoms with Crippen molar-refractivity contribution in [2.45, 2.75) is 33.1 Å². The molecule has 0 saturated carbocycles. The van der Waals surface area contributed by atoms with E-state index in [1.165, 1.54) is 16.7 Å². The molecule has 0 saturated heterocycles. The molecule has 3 heteroatoms. The molecule has 0 bridgehead atoms. The third-order valence-electron chi connectivity index (χ3n) is 4.17. The highest BCUT2D eigenvalue weighted by molar-refractivity contribution is 6.14. The Morgan fingerprint density at radius 1 is 1.04 bits per heavy atom. The minimum atomic E-state index is -0.117. The molecule has 0 spiro atoms. The Hall–Kier alpha value is -2.68. The number of amidine groups is 1. The predicted molar refractivity (Wildman–Crippen MR) is 98.9 cm³/mol. The SMILES string of the molecule is CCc1ccc(/C=C2/N=C(CCc3cccc(C)c3)NC2=O)cc1. The van der Waals surface area contributed by atoms with Gasteiger partial charge in [-0.2, -0.15) is 0 Å². The van der Waals surface area contributed by atoms with Gasteiger partial charge in [0.15, 0.2) is 0 Å². The van der Waals surface area contributed by atoms with E-state index in [2.05, 4.69) is 60.6 Å².